The maximum absolute atomic E-state index is 14.0. The Hall–Kier alpha value is -1.14. The van der Waals surface area contributed by atoms with Crippen molar-refractivity contribution in [1.29, 1.82) is 0 Å². The first kappa shape index (κ1) is 16.2. The van der Waals surface area contributed by atoms with Crippen molar-refractivity contribution in [3.8, 4) is 0 Å². The Morgan fingerprint density at radius 1 is 1.48 bits per heavy atom. The predicted octanol–water partition coefficient (Wildman–Crippen LogP) is 2.98. The number of nitrogens with one attached hydrogen (secondary N) is 1. The zero-order chi connectivity index (χ0) is 15.8. The predicted molar refractivity (Wildman–Crippen MR) is 78.4 cm³/mol. The summed E-state index contributed by atoms with van der Waals surface area (Å²) >= 11 is 0. The van der Waals surface area contributed by atoms with Crippen molar-refractivity contribution in [2.45, 2.75) is 44.0 Å². The van der Waals surface area contributed by atoms with E-state index in [1.165, 1.54) is 6.92 Å². The van der Waals surface area contributed by atoms with Crippen LogP contribution >= 0.6 is 10.7 Å². The summed E-state index contributed by atoms with van der Waals surface area (Å²) < 4.78 is 36.7. The summed E-state index contributed by atoms with van der Waals surface area (Å²) in [6.45, 7) is 3.46. The number of halogens is 2. The lowest BCUT2D eigenvalue weighted by Gasteiger charge is -2.09. The molecule has 2 rings (SSSR count). The molecule has 0 bridgehead atoms. The highest BCUT2D eigenvalue weighted by molar-refractivity contribution is 8.13. The number of hydrogen-bond donors (Lipinski definition) is 1. The van der Waals surface area contributed by atoms with E-state index in [0.717, 1.165) is 31.4 Å². The largest absolute Gasteiger partial charge is 0.349 e. The van der Waals surface area contributed by atoms with Crippen LogP contribution in [0.4, 0.5) is 4.39 Å². The second kappa shape index (κ2) is 5.93. The lowest BCUT2D eigenvalue weighted by molar-refractivity contribution is 0.0944. The average Bonchev–Trinajstić information content (AvgIpc) is 3.09. The van der Waals surface area contributed by atoms with Gasteiger partial charge in [-0.05, 0) is 43.4 Å². The van der Waals surface area contributed by atoms with E-state index in [1.807, 2.05) is 0 Å². The van der Waals surface area contributed by atoms with Crippen LogP contribution < -0.4 is 5.32 Å². The van der Waals surface area contributed by atoms with Gasteiger partial charge in [-0.2, -0.15) is 0 Å². The van der Waals surface area contributed by atoms with Gasteiger partial charge in [0.1, 0.15) is 5.82 Å². The Morgan fingerprint density at radius 3 is 2.71 bits per heavy atom. The molecule has 1 aromatic carbocycles. The molecular formula is C14H17ClFNO3S. The Balaban J connectivity index is 2.23. The van der Waals surface area contributed by atoms with Gasteiger partial charge in [0.25, 0.3) is 15.0 Å². The standard InChI is InChI=1S/C14H17ClFNO3S/c1-3-4-9-6-12(9)17-14(18)11-7-10(21(15,19)20)5-8(2)13(11)16/h5,7,9,12H,3-4,6H2,1-2H3,(H,17,18). The van der Waals surface area contributed by atoms with Gasteiger partial charge in [0.15, 0.2) is 0 Å². The Kier molecular flexibility index (Phi) is 4.58. The summed E-state index contributed by atoms with van der Waals surface area (Å²) in [6.07, 6.45) is 2.93. The van der Waals surface area contributed by atoms with Gasteiger partial charge in [-0.25, -0.2) is 12.8 Å². The molecule has 0 heterocycles. The first-order valence-electron chi connectivity index (χ1n) is 6.79. The number of rotatable bonds is 5. The van der Waals surface area contributed by atoms with E-state index in [4.69, 9.17) is 10.7 Å². The molecule has 1 N–H and O–H groups in total. The van der Waals surface area contributed by atoms with E-state index >= 15 is 0 Å². The van der Waals surface area contributed by atoms with E-state index in [2.05, 4.69) is 12.2 Å². The van der Waals surface area contributed by atoms with Crippen LogP contribution in [0.15, 0.2) is 17.0 Å². The monoisotopic (exact) mass is 333 g/mol. The number of hydrogen-bond acceptors (Lipinski definition) is 3. The molecular weight excluding hydrogens is 317 g/mol. The van der Waals surface area contributed by atoms with Crippen molar-refractivity contribution < 1.29 is 17.6 Å². The fourth-order valence-electron chi connectivity index (χ4n) is 2.40. The van der Waals surface area contributed by atoms with E-state index < -0.39 is 20.8 Å². The summed E-state index contributed by atoms with van der Waals surface area (Å²) in [4.78, 5) is 11.8. The number of aryl methyl sites for hydroxylation is 1. The summed E-state index contributed by atoms with van der Waals surface area (Å²) in [5, 5.41) is 2.73. The maximum atomic E-state index is 14.0. The third-order valence-corrected chi connectivity index (χ3v) is 4.99. The molecule has 1 saturated carbocycles. The Labute approximate surface area is 128 Å². The minimum absolute atomic E-state index is 0.0495. The van der Waals surface area contributed by atoms with Gasteiger partial charge < -0.3 is 5.32 Å². The first-order valence-corrected chi connectivity index (χ1v) is 9.10. The second-order valence-electron chi connectivity index (χ2n) is 5.40. The van der Waals surface area contributed by atoms with Crippen molar-refractivity contribution in [2.24, 2.45) is 5.92 Å². The van der Waals surface area contributed by atoms with E-state index in [0.29, 0.717) is 5.92 Å². The van der Waals surface area contributed by atoms with Crippen LogP contribution in [0.1, 0.15) is 42.1 Å². The number of carbonyl (C=O) groups is 1. The molecule has 0 radical (unpaired) electrons. The van der Waals surface area contributed by atoms with Crippen molar-refractivity contribution in [3.63, 3.8) is 0 Å². The molecule has 1 aliphatic carbocycles. The molecule has 2 unspecified atom stereocenters. The number of carbonyl (C=O) groups excluding carboxylic acids is 1. The molecule has 0 aromatic heterocycles. The first-order chi connectivity index (χ1) is 9.74. The summed E-state index contributed by atoms with van der Waals surface area (Å²) in [5.41, 5.74) is -0.209. The topological polar surface area (TPSA) is 63.2 Å². The van der Waals surface area contributed by atoms with Gasteiger partial charge in [0, 0.05) is 16.7 Å². The molecule has 1 aliphatic rings. The number of amides is 1. The van der Waals surface area contributed by atoms with Crippen molar-refractivity contribution in [3.05, 3.63) is 29.1 Å². The molecule has 0 aliphatic heterocycles. The van der Waals surface area contributed by atoms with Crippen LogP contribution in [0.3, 0.4) is 0 Å². The molecule has 2 atom stereocenters. The van der Waals surface area contributed by atoms with E-state index in [9.17, 15) is 17.6 Å². The summed E-state index contributed by atoms with van der Waals surface area (Å²) in [6, 6.07) is 2.15. The molecule has 1 fully saturated rings. The average molecular weight is 334 g/mol. The Morgan fingerprint density at radius 2 is 2.14 bits per heavy atom. The van der Waals surface area contributed by atoms with Crippen LogP contribution in [-0.2, 0) is 9.05 Å². The van der Waals surface area contributed by atoms with Crippen molar-refractivity contribution >= 4 is 25.6 Å². The molecule has 1 aromatic rings. The molecule has 7 heteroatoms. The normalized spacial score (nSPS) is 21.1. The van der Waals surface area contributed by atoms with E-state index in [1.54, 1.807) is 0 Å². The smallest absolute Gasteiger partial charge is 0.261 e. The van der Waals surface area contributed by atoms with Gasteiger partial charge in [0.2, 0.25) is 0 Å². The van der Waals surface area contributed by atoms with Gasteiger partial charge in [-0.1, -0.05) is 13.3 Å². The quantitative estimate of drug-likeness (QED) is 0.842. The maximum Gasteiger partial charge on any atom is 0.261 e. The molecule has 21 heavy (non-hydrogen) atoms. The fourth-order valence-corrected chi connectivity index (χ4v) is 3.25. The lowest BCUT2D eigenvalue weighted by atomic mass is 10.1. The van der Waals surface area contributed by atoms with Gasteiger partial charge in [0.05, 0.1) is 10.5 Å². The van der Waals surface area contributed by atoms with E-state index in [-0.39, 0.29) is 22.1 Å². The lowest BCUT2D eigenvalue weighted by Crippen LogP contribution is -2.28. The van der Waals surface area contributed by atoms with Gasteiger partial charge in [-0.3, -0.25) is 4.79 Å². The zero-order valence-electron chi connectivity index (χ0n) is 11.8. The highest BCUT2D eigenvalue weighted by Crippen LogP contribution is 2.35. The molecule has 1 amide bonds. The van der Waals surface area contributed by atoms with Crippen LogP contribution in [0.2, 0.25) is 0 Å². The summed E-state index contributed by atoms with van der Waals surface area (Å²) in [7, 11) is 1.26. The van der Waals surface area contributed by atoms with Crippen molar-refractivity contribution in [1.82, 2.24) is 5.32 Å². The molecule has 116 valence electrons. The minimum Gasteiger partial charge on any atom is -0.349 e. The molecule has 0 spiro atoms. The van der Waals surface area contributed by atoms with Crippen LogP contribution in [0, 0.1) is 18.7 Å². The molecule has 0 saturated heterocycles. The van der Waals surface area contributed by atoms with Crippen LogP contribution in [0.25, 0.3) is 0 Å². The second-order valence-corrected chi connectivity index (χ2v) is 7.97. The van der Waals surface area contributed by atoms with Crippen molar-refractivity contribution in [2.75, 3.05) is 0 Å². The minimum atomic E-state index is -4.00. The highest BCUT2D eigenvalue weighted by atomic mass is 35.7. The third-order valence-electron chi connectivity index (χ3n) is 3.65. The molecule has 4 nitrogen and oxygen atoms in total. The highest BCUT2D eigenvalue weighted by Gasteiger charge is 2.37. The third kappa shape index (κ3) is 3.74. The Bertz CT molecular complexity index is 675. The zero-order valence-corrected chi connectivity index (χ0v) is 13.4. The fraction of sp³-hybridized carbons (Fsp3) is 0.500. The summed E-state index contributed by atoms with van der Waals surface area (Å²) in [5.74, 6) is -0.881. The number of benzene rings is 1. The van der Waals surface area contributed by atoms with Crippen LogP contribution in [0.5, 0.6) is 0 Å². The van der Waals surface area contributed by atoms with Gasteiger partial charge >= 0.3 is 0 Å². The SMILES string of the molecule is CCCC1CC1NC(=O)c1cc(S(=O)(=O)Cl)cc(C)c1F. The van der Waals surface area contributed by atoms with Crippen LogP contribution in [-0.4, -0.2) is 20.4 Å². The van der Waals surface area contributed by atoms with Gasteiger partial charge in [-0.15, -0.1) is 0 Å².